The van der Waals surface area contributed by atoms with Crippen molar-refractivity contribution in [3.8, 4) is 11.5 Å². The average molecular weight is 251 g/mol. The first-order valence-electron chi connectivity index (χ1n) is 6.16. The number of carbonyl (C=O) groups is 1. The maximum atomic E-state index is 11.7. The van der Waals surface area contributed by atoms with Crippen LogP contribution in [-0.4, -0.2) is 25.8 Å². The van der Waals surface area contributed by atoms with Gasteiger partial charge in [0, 0.05) is 17.7 Å². The van der Waals surface area contributed by atoms with E-state index in [1.165, 1.54) is 0 Å². The Morgan fingerprint density at radius 1 is 1.39 bits per heavy atom. The van der Waals surface area contributed by atoms with Gasteiger partial charge in [0.05, 0.1) is 6.54 Å². The molecule has 3 N–H and O–H groups in total. The summed E-state index contributed by atoms with van der Waals surface area (Å²) < 4.78 is 10.5. The molecule has 0 saturated carbocycles. The quantitative estimate of drug-likeness (QED) is 0.804. The fourth-order valence-corrected chi connectivity index (χ4v) is 1.73. The predicted molar refractivity (Wildman–Crippen MR) is 67.7 cm³/mol. The number of nitrogens with two attached hydrogens (primary N) is 1. The number of rotatable bonds is 5. The van der Waals surface area contributed by atoms with Crippen LogP contribution in [0.25, 0.3) is 0 Å². The van der Waals surface area contributed by atoms with Gasteiger partial charge in [-0.3, -0.25) is 4.79 Å². The monoisotopic (exact) mass is 251 g/mol. The fraction of sp³-hybridized carbons (Fsp3) is 0.462. The van der Waals surface area contributed by atoms with E-state index >= 15 is 0 Å². The Morgan fingerprint density at radius 2 is 2.17 bits per heavy atom. The Morgan fingerprint density at radius 3 is 2.94 bits per heavy atom. The summed E-state index contributed by atoms with van der Waals surface area (Å²) in [6.07, 6.45) is 0. The molecule has 1 aliphatic heterocycles. The second-order valence-corrected chi connectivity index (χ2v) is 4.74. The number of amides is 1. The highest BCUT2D eigenvalue weighted by Crippen LogP contribution is 2.34. The lowest BCUT2D eigenvalue weighted by Crippen LogP contribution is -2.87. The van der Waals surface area contributed by atoms with E-state index in [1.54, 1.807) is 12.1 Å². The Hall–Kier alpha value is -1.75. The van der Waals surface area contributed by atoms with Gasteiger partial charge in [-0.05, 0) is 12.1 Å². The van der Waals surface area contributed by atoms with Gasteiger partial charge in [-0.15, -0.1) is 0 Å². The zero-order valence-electron chi connectivity index (χ0n) is 10.7. The van der Waals surface area contributed by atoms with E-state index in [4.69, 9.17) is 9.47 Å². The summed E-state index contributed by atoms with van der Waals surface area (Å²) in [5.41, 5.74) is 0.738. The van der Waals surface area contributed by atoms with Crippen LogP contribution in [0, 0.1) is 5.92 Å². The molecule has 0 unspecified atom stereocenters. The molecular weight excluding hydrogens is 232 g/mol. The van der Waals surface area contributed by atoms with Crippen LogP contribution in [-0.2, 0) is 4.79 Å². The molecule has 0 saturated heterocycles. The summed E-state index contributed by atoms with van der Waals surface area (Å²) in [6, 6.07) is 5.40. The van der Waals surface area contributed by atoms with Crippen molar-refractivity contribution in [2.24, 2.45) is 5.92 Å². The highest BCUT2D eigenvalue weighted by Gasteiger charge is 2.14. The van der Waals surface area contributed by atoms with E-state index < -0.39 is 0 Å². The Balaban J connectivity index is 1.84. The lowest BCUT2D eigenvalue weighted by atomic mass is 10.2. The molecule has 0 spiro atoms. The molecule has 0 bridgehead atoms. The van der Waals surface area contributed by atoms with Crippen LogP contribution < -0.4 is 20.1 Å². The normalized spacial score (nSPS) is 12.8. The molecular formula is C13H19N2O3+. The minimum Gasteiger partial charge on any atom is -0.454 e. The number of hydrogen-bond donors (Lipinski definition) is 2. The van der Waals surface area contributed by atoms with Gasteiger partial charge in [0.1, 0.15) is 0 Å². The average Bonchev–Trinajstić information content (AvgIpc) is 2.75. The van der Waals surface area contributed by atoms with Gasteiger partial charge in [0.2, 0.25) is 6.79 Å². The largest absolute Gasteiger partial charge is 0.454 e. The maximum Gasteiger partial charge on any atom is 0.279 e. The molecule has 5 heteroatoms. The van der Waals surface area contributed by atoms with E-state index in [0.29, 0.717) is 18.2 Å². The number of hydrogen-bond acceptors (Lipinski definition) is 3. The summed E-state index contributed by atoms with van der Waals surface area (Å²) in [5.74, 6) is 1.98. The van der Waals surface area contributed by atoms with Crippen molar-refractivity contribution >= 4 is 11.6 Å². The van der Waals surface area contributed by atoms with Crippen molar-refractivity contribution < 1.29 is 19.6 Å². The third-order valence-electron chi connectivity index (χ3n) is 2.62. The van der Waals surface area contributed by atoms with Crippen LogP contribution in [0.5, 0.6) is 11.5 Å². The highest BCUT2D eigenvalue weighted by atomic mass is 16.7. The Kier molecular flexibility index (Phi) is 4.04. The first-order chi connectivity index (χ1) is 8.65. The topological polar surface area (TPSA) is 64.2 Å². The Bertz CT molecular complexity index is 432. The van der Waals surface area contributed by atoms with Crippen molar-refractivity contribution in [3.63, 3.8) is 0 Å². The van der Waals surface area contributed by atoms with Crippen LogP contribution in [0.2, 0.25) is 0 Å². The third-order valence-corrected chi connectivity index (χ3v) is 2.62. The van der Waals surface area contributed by atoms with Crippen molar-refractivity contribution in [2.75, 3.05) is 25.2 Å². The molecule has 0 aliphatic carbocycles. The number of quaternary nitrogens is 1. The van der Waals surface area contributed by atoms with Gasteiger partial charge in [-0.1, -0.05) is 13.8 Å². The number of carbonyl (C=O) groups excluding carboxylic acids is 1. The number of ether oxygens (including phenoxy) is 2. The first kappa shape index (κ1) is 12.7. The van der Waals surface area contributed by atoms with Crippen molar-refractivity contribution in [1.29, 1.82) is 0 Å². The van der Waals surface area contributed by atoms with Gasteiger partial charge in [-0.25, -0.2) is 0 Å². The number of nitrogens with one attached hydrogen (secondary N) is 1. The van der Waals surface area contributed by atoms with E-state index in [1.807, 2.05) is 11.4 Å². The van der Waals surface area contributed by atoms with Crippen molar-refractivity contribution in [1.82, 2.24) is 0 Å². The molecule has 1 aromatic rings. The van der Waals surface area contributed by atoms with Crippen LogP contribution in [0.1, 0.15) is 13.8 Å². The lowest BCUT2D eigenvalue weighted by Gasteiger charge is -2.06. The zero-order chi connectivity index (χ0) is 13.0. The smallest absolute Gasteiger partial charge is 0.279 e. The van der Waals surface area contributed by atoms with Crippen LogP contribution in [0.3, 0.4) is 0 Å². The summed E-state index contributed by atoms with van der Waals surface area (Å²) >= 11 is 0. The standard InChI is InChI=1S/C13H18N2O3/c1-9(2)6-14-7-13(16)15-10-3-4-11-12(5-10)18-8-17-11/h3-5,9,14H,6-8H2,1-2H3,(H,15,16)/p+1. The number of fused-ring (bicyclic) bond motifs is 1. The van der Waals surface area contributed by atoms with Crippen molar-refractivity contribution in [3.05, 3.63) is 18.2 Å². The van der Waals surface area contributed by atoms with E-state index in [2.05, 4.69) is 19.2 Å². The zero-order valence-corrected chi connectivity index (χ0v) is 10.7. The number of anilines is 1. The van der Waals surface area contributed by atoms with E-state index in [0.717, 1.165) is 18.0 Å². The highest BCUT2D eigenvalue weighted by molar-refractivity contribution is 5.91. The Labute approximate surface area is 106 Å². The molecule has 5 nitrogen and oxygen atoms in total. The van der Waals surface area contributed by atoms with E-state index in [-0.39, 0.29) is 12.7 Å². The molecule has 0 fully saturated rings. The molecule has 18 heavy (non-hydrogen) atoms. The predicted octanol–water partition coefficient (Wildman–Crippen LogP) is 0.573. The van der Waals surface area contributed by atoms with Gasteiger partial charge < -0.3 is 20.1 Å². The van der Waals surface area contributed by atoms with Gasteiger partial charge in [0.25, 0.3) is 5.91 Å². The third kappa shape index (κ3) is 3.37. The molecule has 0 aromatic heterocycles. The second-order valence-electron chi connectivity index (χ2n) is 4.74. The molecule has 0 radical (unpaired) electrons. The first-order valence-corrected chi connectivity index (χ1v) is 6.16. The van der Waals surface area contributed by atoms with Crippen LogP contribution in [0.4, 0.5) is 5.69 Å². The summed E-state index contributed by atoms with van der Waals surface area (Å²) in [5, 5.41) is 4.85. The molecule has 98 valence electrons. The molecule has 0 atom stereocenters. The van der Waals surface area contributed by atoms with E-state index in [9.17, 15) is 4.79 Å². The fourth-order valence-electron chi connectivity index (χ4n) is 1.73. The van der Waals surface area contributed by atoms with Crippen LogP contribution in [0.15, 0.2) is 18.2 Å². The molecule has 1 amide bonds. The molecule has 2 rings (SSSR count). The summed E-state index contributed by atoms with van der Waals surface area (Å²) in [7, 11) is 0. The summed E-state index contributed by atoms with van der Waals surface area (Å²) in [6.45, 7) is 5.90. The van der Waals surface area contributed by atoms with Gasteiger partial charge in [-0.2, -0.15) is 0 Å². The molecule has 1 aliphatic rings. The van der Waals surface area contributed by atoms with Gasteiger partial charge >= 0.3 is 0 Å². The minimum absolute atomic E-state index is 0.00508. The van der Waals surface area contributed by atoms with Gasteiger partial charge in [0.15, 0.2) is 18.0 Å². The van der Waals surface area contributed by atoms with Crippen molar-refractivity contribution in [2.45, 2.75) is 13.8 Å². The molecule has 1 aromatic carbocycles. The minimum atomic E-state index is -0.00508. The summed E-state index contributed by atoms with van der Waals surface area (Å²) in [4.78, 5) is 11.7. The number of benzene rings is 1. The van der Waals surface area contributed by atoms with Crippen LogP contribution >= 0.6 is 0 Å². The maximum absolute atomic E-state index is 11.7. The molecule has 1 heterocycles. The SMILES string of the molecule is CC(C)C[NH2+]CC(=O)Nc1ccc2c(c1)OCO2. The second kappa shape index (κ2) is 5.73. The lowest BCUT2D eigenvalue weighted by molar-refractivity contribution is -0.648.